The van der Waals surface area contributed by atoms with Crippen molar-refractivity contribution in [1.29, 1.82) is 0 Å². The number of aryl methyl sites for hydroxylation is 6. The summed E-state index contributed by atoms with van der Waals surface area (Å²) in [6.07, 6.45) is 0. The first kappa shape index (κ1) is 30.6. The summed E-state index contributed by atoms with van der Waals surface area (Å²) in [7, 11) is 1.67. The van der Waals surface area contributed by atoms with E-state index in [4.69, 9.17) is 39.5 Å². The number of ether oxygens (including phenoxy) is 1. The van der Waals surface area contributed by atoms with Gasteiger partial charge >= 0.3 is 0 Å². The third kappa shape index (κ3) is 13.3. The molecule has 186 valence electrons. The van der Waals surface area contributed by atoms with Crippen molar-refractivity contribution in [2.75, 3.05) is 7.11 Å². The molecule has 4 rings (SSSR count). The van der Waals surface area contributed by atoms with E-state index in [1.54, 1.807) is 7.11 Å². The Kier molecular flexibility index (Phi) is 14.2. The van der Waals surface area contributed by atoms with Crippen LogP contribution in [-0.2, 0) is 0 Å². The smallest absolute Gasteiger partial charge is 0.118 e. The molecule has 0 aliphatic carbocycles. The van der Waals surface area contributed by atoms with Gasteiger partial charge in [0.2, 0.25) is 0 Å². The standard InChI is InChI=1S/2C8H9Cl.C8H10O.C7H7Cl/c1-6-3-4-8(9)7(2)5-6;1-6-3-4-7(2)8(9)5-6;1-7-3-5-8(9-2)6-4-7;1-6-2-4-7(8)5-3-6/h2*3-5H,1-2H3;3-6H,1-2H3;2-5H,1H3. The molecule has 0 fully saturated rings. The zero-order chi connectivity index (χ0) is 26.4. The van der Waals surface area contributed by atoms with Gasteiger partial charge in [0, 0.05) is 15.1 Å². The predicted octanol–water partition coefficient (Wildman–Crippen LogP) is 10.6. The summed E-state index contributed by atoms with van der Waals surface area (Å²) in [6.45, 7) is 12.2. The van der Waals surface area contributed by atoms with Crippen LogP contribution in [-0.4, -0.2) is 7.11 Å². The molecule has 0 aromatic heterocycles. The topological polar surface area (TPSA) is 9.23 Å². The number of rotatable bonds is 1. The zero-order valence-corrected chi connectivity index (χ0v) is 23.9. The summed E-state index contributed by atoms with van der Waals surface area (Å²) in [6, 6.07) is 27.8. The van der Waals surface area contributed by atoms with E-state index in [2.05, 4.69) is 26.0 Å². The molecule has 0 saturated heterocycles. The second-order valence-electron chi connectivity index (χ2n) is 8.32. The molecule has 0 N–H and O–H groups in total. The van der Waals surface area contributed by atoms with Gasteiger partial charge in [0.05, 0.1) is 7.11 Å². The normalized spacial score (nSPS) is 9.43. The van der Waals surface area contributed by atoms with Crippen LogP contribution in [0.3, 0.4) is 0 Å². The minimum Gasteiger partial charge on any atom is -0.497 e. The van der Waals surface area contributed by atoms with Crippen molar-refractivity contribution in [1.82, 2.24) is 0 Å². The predicted molar refractivity (Wildman–Crippen MR) is 156 cm³/mol. The summed E-state index contributed by atoms with van der Waals surface area (Å²) in [5.74, 6) is 0.917. The molecule has 4 heteroatoms. The van der Waals surface area contributed by atoms with Crippen LogP contribution < -0.4 is 4.74 Å². The number of halogens is 3. The summed E-state index contributed by atoms with van der Waals surface area (Å²) < 4.78 is 4.97. The Morgan fingerprint density at radius 2 is 0.914 bits per heavy atom. The minimum absolute atomic E-state index is 0.801. The fraction of sp³-hybridized carbons (Fsp3) is 0.226. The third-order valence-electron chi connectivity index (χ3n) is 4.91. The molecule has 4 aromatic rings. The molecule has 0 radical (unpaired) electrons. The Morgan fingerprint density at radius 1 is 0.457 bits per heavy atom. The summed E-state index contributed by atoms with van der Waals surface area (Å²) in [5, 5.41) is 2.51. The van der Waals surface area contributed by atoms with Crippen LogP contribution in [0.2, 0.25) is 15.1 Å². The van der Waals surface area contributed by atoms with E-state index in [1.807, 2.05) is 100 Å². The van der Waals surface area contributed by atoms with Gasteiger partial charge in [-0.3, -0.25) is 0 Å². The molecule has 35 heavy (non-hydrogen) atoms. The Morgan fingerprint density at radius 3 is 1.31 bits per heavy atom. The van der Waals surface area contributed by atoms with Crippen molar-refractivity contribution >= 4 is 34.8 Å². The van der Waals surface area contributed by atoms with Gasteiger partial charge in [0.15, 0.2) is 0 Å². The molecule has 0 bridgehead atoms. The highest BCUT2D eigenvalue weighted by atomic mass is 35.5. The van der Waals surface area contributed by atoms with Gasteiger partial charge in [-0.2, -0.15) is 0 Å². The van der Waals surface area contributed by atoms with Gasteiger partial charge in [-0.1, -0.05) is 100 Å². The van der Waals surface area contributed by atoms with Gasteiger partial charge in [-0.15, -0.1) is 0 Å². The maximum Gasteiger partial charge on any atom is 0.118 e. The lowest BCUT2D eigenvalue weighted by Gasteiger charge is -1.97. The Hall–Kier alpha value is -2.45. The molecule has 0 aliphatic heterocycles. The van der Waals surface area contributed by atoms with Crippen molar-refractivity contribution < 1.29 is 4.74 Å². The van der Waals surface area contributed by atoms with Crippen molar-refractivity contribution in [3.8, 4) is 5.75 Å². The number of benzene rings is 4. The maximum absolute atomic E-state index is 5.81. The van der Waals surface area contributed by atoms with Crippen LogP contribution in [0.4, 0.5) is 0 Å². The number of hydrogen-bond donors (Lipinski definition) is 0. The van der Waals surface area contributed by atoms with E-state index in [1.165, 1.54) is 22.3 Å². The Labute approximate surface area is 226 Å². The highest BCUT2D eigenvalue weighted by Crippen LogP contribution is 2.16. The van der Waals surface area contributed by atoms with Gasteiger partial charge in [0.25, 0.3) is 0 Å². The Bertz CT molecular complexity index is 1080. The zero-order valence-electron chi connectivity index (χ0n) is 21.6. The molecule has 0 spiro atoms. The first-order chi connectivity index (χ1) is 16.5. The minimum atomic E-state index is 0.801. The van der Waals surface area contributed by atoms with E-state index in [-0.39, 0.29) is 0 Å². The van der Waals surface area contributed by atoms with Crippen LogP contribution >= 0.6 is 34.8 Å². The fourth-order valence-corrected chi connectivity index (χ4v) is 3.18. The van der Waals surface area contributed by atoms with Gasteiger partial charge in [-0.25, -0.2) is 0 Å². The summed E-state index contributed by atoms with van der Waals surface area (Å²) in [4.78, 5) is 0. The molecule has 0 unspecified atom stereocenters. The van der Waals surface area contributed by atoms with Crippen LogP contribution in [0, 0.1) is 41.5 Å². The maximum atomic E-state index is 5.81. The van der Waals surface area contributed by atoms with Crippen LogP contribution in [0.25, 0.3) is 0 Å². The highest BCUT2D eigenvalue weighted by molar-refractivity contribution is 6.31. The SMILES string of the molecule is COc1ccc(C)cc1.Cc1ccc(C)c(Cl)c1.Cc1ccc(Cl)c(C)c1.Cc1ccc(Cl)cc1. The first-order valence-electron chi connectivity index (χ1n) is 11.3. The van der Waals surface area contributed by atoms with Crippen LogP contribution in [0.1, 0.15) is 33.4 Å². The lowest BCUT2D eigenvalue weighted by molar-refractivity contribution is 0.414. The van der Waals surface area contributed by atoms with Crippen LogP contribution in [0.15, 0.2) is 84.9 Å². The van der Waals surface area contributed by atoms with Gasteiger partial charge in [0.1, 0.15) is 5.75 Å². The van der Waals surface area contributed by atoms with E-state index in [9.17, 15) is 0 Å². The van der Waals surface area contributed by atoms with Crippen molar-refractivity contribution in [3.05, 3.63) is 133 Å². The Balaban J connectivity index is 0.000000234. The van der Waals surface area contributed by atoms with E-state index < -0.39 is 0 Å². The van der Waals surface area contributed by atoms with Gasteiger partial charge in [-0.05, 0) is 94.6 Å². The molecule has 0 heterocycles. The van der Waals surface area contributed by atoms with Crippen molar-refractivity contribution in [3.63, 3.8) is 0 Å². The molecule has 0 saturated carbocycles. The van der Waals surface area contributed by atoms with E-state index in [0.717, 1.165) is 31.9 Å². The lowest BCUT2D eigenvalue weighted by atomic mass is 10.2. The quantitative estimate of drug-likeness (QED) is 0.238. The van der Waals surface area contributed by atoms with E-state index >= 15 is 0 Å². The van der Waals surface area contributed by atoms with Crippen LogP contribution in [0.5, 0.6) is 5.75 Å². The molecule has 1 nitrogen and oxygen atoms in total. The second kappa shape index (κ2) is 16.3. The number of methoxy groups -OCH3 is 1. The largest absolute Gasteiger partial charge is 0.497 e. The highest BCUT2D eigenvalue weighted by Gasteiger charge is 1.92. The average Bonchev–Trinajstić information content (AvgIpc) is 2.83. The molecule has 0 aliphatic rings. The monoisotopic (exact) mass is 528 g/mol. The average molecular weight is 530 g/mol. The number of hydrogen-bond acceptors (Lipinski definition) is 1. The molecule has 0 atom stereocenters. The summed E-state index contributed by atoms with van der Waals surface area (Å²) >= 11 is 17.2. The van der Waals surface area contributed by atoms with Crippen molar-refractivity contribution in [2.45, 2.75) is 41.5 Å². The molecular weight excluding hydrogens is 495 g/mol. The molecule has 4 aromatic carbocycles. The molecular formula is C31H35Cl3O. The molecule has 0 amide bonds. The summed E-state index contributed by atoms with van der Waals surface area (Å²) in [5.41, 5.74) is 7.27. The first-order valence-corrected chi connectivity index (χ1v) is 12.4. The van der Waals surface area contributed by atoms with Gasteiger partial charge < -0.3 is 4.74 Å². The third-order valence-corrected chi connectivity index (χ3v) is 5.99. The fourth-order valence-electron chi connectivity index (χ4n) is 2.70. The van der Waals surface area contributed by atoms with Crippen molar-refractivity contribution in [2.24, 2.45) is 0 Å². The second-order valence-corrected chi connectivity index (χ2v) is 9.57. The van der Waals surface area contributed by atoms with E-state index in [0.29, 0.717) is 0 Å². The lowest BCUT2D eigenvalue weighted by Crippen LogP contribution is -1.80.